The van der Waals surface area contributed by atoms with Crippen molar-refractivity contribution in [3.63, 3.8) is 0 Å². The molecule has 0 aromatic heterocycles. The summed E-state index contributed by atoms with van der Waals surface area (Å²) >= 11 is 12.6. The van der Waals surface area contributed by atoms with Gasteiger partial charge in [-0.3, -0.25) is 4.79 Å². The number of halogens is 2. The van der Waals surface area contributed by atoms with Crippen LogP contribution in [0, 0.1) is 0 Å². The third kappa shape index (κ3) is 3.86. The first-order valence-electron chi connectivity index (χ1n) is 10.2. The Labute approximate surface area is 198 Å². The van der Waals surface area contributed by atoms with Gasteiger partial charge in [0.25, 0.3) is 0 Å². The van der Waals surface area contributed by atoms with Crippen molar-refractivity contribution in [2.75, 3.05) is 38.3 Å². The lowest BCUT2D eigenvalue weighted by Crippen LogP contribution is -2.40. The largest absolute Gasteiger partial charge is 0.379 e. The van der Waals surface area contributed by atoms with E-state index in [0.29, 0.717) is 13.2 Å². The van der Waals surface area contributed by atoms with Gasteiger partial charge in [0, 0.05) is 48.6 Å². The molecule has 0 bridgehead atoms. The van der Waals surface area contributed by atoms with Crippen LogP contribution in [0.2, 0.25) is 10.0 Å². The van der Waals surface area contributed by atoms with Crippen molar-refractivity contribution >= 4 is 44.7 Å². The SMILES string of the molecule is CN1C(=CC(=O)c2cc(S(=O)(=O)N3CCOCC3)c(Cl)cc2Cl)C(C)(C)c2ccccc21. The number of ketones is 1. The van der Waals surface area contributed by atoms with E-state index < -0.39 is 15.4 Å². The second-order valence-corrected chi connectivity index (χ2v) is 11.1. The number of allylic oxidation sites excluding steroid dienone is 2. The van der Waals surface area contributed by atoms with Gasteiger partial charge < -0.3 is 9.64 Å². The highest BCUT2D eigenvalue weighted by Crippen LogP contribution is 2.46. The Bertz CT molecular complexity index is 1220. The fourth-order valence-corrected chi connectivity index (χ4v) is 6.55. The Morgan fingerprint density at radius 1 is 1.09 bits per heavy atom. The van der Waals surface area contributed by atoms with Gasteiger partial charge in [0.2, 0.25) is 10.0 Å². The number of carbonyl (C=O) groups is 1. The number of para-hydroxylation sites is 1. The second kappa shape index (κ2) is 8.47. The minimum Gasteiger partial charge on any atom is -0.379 e. The molecule has 32 heavy (non-hydrogen) atoms. The van der Waals surface area contributed by atoms with Crippen molar-refractivity contribution < 1.29 is 17.9 Å². The predicted molar refractivity (Wildman–Crippen MR) is 126 cm³/mol. The molecule has 9 heteroatoms. The molecule has 2 aromatic carbocycles. The number of nitrogens with zero attached hydrogens (tertiary/aromatic N) is 2. The first-order chi connectivity index (χ1) is 15.0. The van der Waals surface area contributed by atoms with E-state index in [2.05, 4.69) is 0 Å². The third-order valence-corrected chi connectivity index (χ3v) is 8.76. The fourth-order valence-electron chi connectivity index (χ4n) is 4.30. The molecule has 0 N–H and O–H groups in total. The summed E-state index contributed by atoms with van der Waals surface area (Å²) < 4.78 is 32.9. The summed E-state index contributed by atoms with van der Waals surface area (Å²) in [7, 11) is -1.98. The normalized spacial score (nSPS) is 19.9. The van der Waals surface area contributed by atoms with E-state index in [1.165, 1.54) is 22.5 Å². The van der Waals surface area contributed by atoms with Crippen molar-refractivity contribution in [1.29, 1.82) is 0 Å². The van der Waals surface area contributed by atoms with Crippen molar-refractivity contribution in [3.8, 4) is 0 Å². The number of hydrogen-bond acceptors (Lipinski definition) is 5. The maximum absolute atomic E-state index is 13.3. The lowest BCUT2D eigenvalue weighted by Gasteiger charge is -2.26. The van der Waals surface area contributed by atoms with Crippen LogP contribution >= 0.6 is 23.2 Å². The standard InChI is InChI=1S/C23H24Cl2N2O4S/c1-23(2)16-6-4-5-7-19(16)26(3)22(23)14-20(28)15-12-21(18(25)13-17(15)24)32(29,30)27-8-10-31-11-9-27/h4-7,12-14H,8-11H2,1-3H3. The molecule has 0 atom stereocenters. The number of fused-ring (bicyclic) bond motifs is 1. The second-order valence-electron chi connectivity index (χ2n) is 8.37. The molecular weight excluding hydrogens is 471 g/mol. The van der Waals surface area contributed by atoms with Gasteiger partial charge in [-0.05, 0) is 23.8 Å². The molecule has 0 aliphatic carbocycles. The Hall–Kier alpha value is -1.90. The molecule has 0 unspecified atom stereocenters. The molecule has 2 aromatic rings. The van der Waals surface area contributed by atoms with E-state index in [0.717, 1.165) is 16.9 Å². The quantitative estimate of drug-likeness (QED) is 0.462. The zero-order valence-corrected chi connectivity index (χ0v) is 20.4. The molecule has 4 rings (SSSR count). The molecule has 0 saturated carbocycles. The van der Waals surface area contributed by atoms with E-state index in [1.54, 1.807) is 0 Å². The van der Waals surface area contributed by atoms with Crippen LogP contribution in [0.1, 0.15) is 29.8 Å². The van der Waals surface area contributed by atoms with Crippen LogP contribution in [-0.2, 0) is 20.2 Å². The van der Waals surface area contributed by atoms with Crippen molar-refractivity contribution in [2.24, 2.45) is 0 Å². The first kappa shape index (κ1) is 23.3. The molecular formula is C23H24Cl2N2O4S. The molecule has 2 aliphatic rings. The zero-order chi connectivity index (χ0) is 23.3. The van der Waals surface area contributed by atoms with Gasteiger partial charge in [0.05, 0.1) is 23.3 Å². The number of benzene rings is 2. The molecule has 2 heterocycles. The van der Waals surface area contributed by atoms with E-state index in [4.69, 9.17) is 27.9 Å². The molecule has 0 amide bonds. The Morgan fingerprint density at radius 3 is 2.41 bits per heavy atom. The maximum atomic E-state index is 13.3. The van der Waals surface area contributed by atoms with Crippen molar-refractivity contribution in [2.45, 2.75) is 24.2 Å². The third-order valence-electron chi connectivity index (χ3n) is 6.08. The van der Waals surface area contributed by atoms with Crippen molar-refractivity contribution in [3.05, 3.63) is 69.3 Å². The molecule has 1 fully saturated rings. The number of likely N-dealkylation sites (N-methyl/N-ethyl adjacent to an activating group) is 1. The number of carbonyl (C=O) groups excluding carboxylic acids is 1. The molecule has 6 nitrogen and oxygen atoms in total. The number of rotatable bonds is 4. The van der Waals surface area contributed by atoms with E-state index in [1.807, 2.05) is 50.1 Å². The molecule has 170 valence electrons. The van der Waals surface area contributed by atoms with Gasteiger partial charge in [0.1, 0.15) is 4.90 Å². The topological polar surface area (TPSA) is 66.9 Å². The highest BCUT2D eigenvalue weighted by molar-refractivity contribution is 7.89. The summed E-state index contributed by atoms with van der Waals surface area (Å²) in [5.41, 5.74) is 2.62. The number of hydrogen-bond donors (Lipinski definition) is 0. The summed E-state index contributed by atoms with van der Waals surface area (Å²) in [5, 5.41) is 0.0881. The summed E-state index contributed by atoms with van der Waals surface area (Å²) in [5.74, 6) is -0.382. The van der Waals surface area contributed by atoms with Crippen molar-refractivity contribution in [1.82, 2.24) is 4.31 Å². The van der Waals surface area contributed by atoms with Gasteiger partial charge in [0.15, 0.2) is 5.78 Å². The number of sulfonamides is 1. The van der Waals surface area contributed by atoms with Crippen LogP contribution in [0.5, 0.6) is 0 Å². The molecule has 0 radical (unpaired) electrons. The van der Waals surface area contributed by atoms with Crippen LogP contribution in [-0.4, -0.2) is 51.9 Å². The van der Waals surface area contributed by atoms with E-state index in [9.17, 15) is 13.2 Å². The van der Waals surface area contributed by atoms with Gasteiger partial charge in [-0.25, -0.2) is 8.42 Å². The van der Waals surface area contributed by atoms with Gasteiger partial charge in [-0.2, -0.15) is 4.31 Å². The number of anilines is 1. The summed E-state index contributed by atoms with van der Waals surface area (Å²) in [4.78, 5) is 15.2. The zero-order valence-electron chi connectivity index (χ0n) is 18.1. The van der Waals surface area contributed by atoms with E-state index >= 15 is 0 Å². The Morgan fingerprint density at radius 2 is 1.75 bits per heavy atom. The predicted octanol–water partition coefficient (Wildman–Crippen LogP) is 4.51. The summed E-state index contributed by atoms with van der Waals surface area (Å²) in [6.45, 7) is 5.17. The smallest absolute Gasteiger partial charge is 0.244 e. The monoisotopic (exact) mass is 494 g/mol. The minimum absolute atomic E-state index is 0.0172. The average molecular weight is 495 g/mol. The molecule has 0 spiro atoms. The highest BCUT2D eigenvalue weighted by atomic mass is 35.5. The lowest BCUT2D eigenvalue weighted by molar-refractivity contribution is 0.0730. The Balaban J connectivity index is 1.75. The first-order valence-corrected chi connectivity index (χ1v) is 12.4. The van der Waals surface area contributed by atoms with Crippen LogP contribution in [0.25, 0.3) is 0 Å². The van der Waals surface area contributed by atoms with Crippen LogP contribution < -0.4 is 4.90 Å². The van der Waals surface area contributed by atoms with E-state index in [-0.39, 0.29) is 39.4 Å². The maximum Gasteiger partial charge on any atom is 0.244 e. The van der Waals surface area contributed by atoms with Crippen LogP contribution in [0.4, 0.5) is 5.69 Å². The van der Waals surface area contributed by atoms with Crippen LogP contribution in [0.15, 0.2) is 53.1 Å². The Kier molecular flexibility index (Phi) is 6.15. The molecule has 1 saturated heterocycles. The summed E-state index contributed by atoms with van der Waals surface area (Å²) in [6, 6.07) is 10.6. The minimum atomic E-state index is -3.89. The van der Waals surface area contributed by atoms with Gasteiger partial charge in [-0.15, -0.1) is 0 Å². The number of morpholine rings is 1. The highest BCUT2D eigenvalue weighted by Gasteiger charge is 2.39. The fraction of sp³-hybridized carbons (Fsp3) is 0.348. The van der Waals surface area contributed by atoms with Gasteiger partial charge in [-0.1, -0.05) is 55.2 Å². The number of ether oxygens (including phenoxy) is 1. The van der Waals surface area contributed by atoms with Gasteiger partial charge >= 0.3 is 0 Å². The van der Waals surface area contributed by atoms with Crippen LogP contribution in [0.3, 0.4) is 0 Å². The average Bonchev–Trinajstić information content (AvgIpc) is 2.95. The molecule has 2 aliphatic heterocycles. The summed E-state index contributed by atoms with van der Waals surface area (Å²) in [6.07, 6.45) is 1.53. The lowest BCUT2D eigenvalue weighted by atomic mass is 9.83.